The molecule has 10 N–H and O–H groups in total. The molecule has 0 aromatic heterocycles. The van der Waals surface area contributed by atoms with E-state index in [1.54, 1.807) is 0 Å². The number of hydrogen-bond donors (Lipinski definition) is 10. The Morgan fingerprint density at radius 2 is 1.33 bits per heavy atom. The van der Waals surface area contributed by atoms with Crippen LogP contribution in [-0.4, -0.2) is 193 Å². The molecule has 9 aliphatic rings. The number of hydrogen-bond acceptors (Lipinski definition) is 19. The number of carbonyl (C=O) groups excluding carboxylic acids is 1. The van der Waals surface area contributed by atoms with Crippen molar-refractivity contribution in [2.75, 3.05) is 26.4 Å². The van der Waals surface area contributed by atoms with Crippen molar-refractivity contribution >= 4 is 5.97 Å². The van der Waals surface area contributed by atoms with Crippen molar-refractivity contribution in [1.82, 2.24) is 0 Å². The van der Waals surface area contributed by atoms with Gasteiger partial charge >= 0.3 is 5.97 Å². The van der Waals surface area contributed by atoms with Gasteiger partial charge in [-0.15, -0.1) is 0 Å². The van der Waals surface area contributed by atoms with Crippen molar-refractivity contribution in [2.24, 2.45) is 50.2 Å². The van der Waals surface area contributed by atoms with Crippen LogP contribution in [0.5, 0.6) is 0 Å². The number of rotatable bonds is 10. The zero-order valence-electron chi connectivity index (χ0n) is 41.3. The Morgan fingerprint density at radius 3 is 2.03 bits per heavy atom. The predicted octanol–water partition coefficient (Wildman–Crippen LogP) is 0.172. The number of carbonyl (C=O) groups is 1. The fraction of sp³-hybridized carbons (Fsp3) is 0.940. The molecule has 8 fully saturated rings. The first-order chi connectivity index (χ1) is 32.2. The minimum absolute atomic E-state index is 0.0646. The highest BCUT2D eigenvalue weighted by molar-refractivity contribution is 5.65. The summed E-state index contributed by atoms with van der Waals surface area (Å²) >= 11 is 0. The van der Waals surface area contributed by atoms with Crippen LogP contribution in [0, 0.1) is 50.2 Å². The molecule has 4 saturated heterocycles. The van der Waals surface area contributed by atoms with Crippen molar-refractivity contribution in [3.8, 4) is 0 Å². The maximum Gasteiger partial charge on any atom is 0.302 e. The van der Waals surface area contributed by atoms with E-state index in [4.69, 9.17) is 37.9 Å². The summed E-state index contributed by atoms with van der Waals surface area (Å²) in [6, 6.07) is 0. The van der Waals surface area contributed by atoms with Crippen molar-refractivity contribution in [1.29, 1.82) is 0 Å². The summed E-state index contributed by atoms with van der Waals surface area (Å²) in [5.41, 5.74) is -2.50. The molecule has 0 radical (unpaired) electrons. The van der Waals surface area contributed by atoms with Crippen LogP contribution in [0.25, 0.3) is 0 Å². The number of esters is 1. The lowest BCUT2D eigenvalue weighted by Gasteiger charge is -2.73. The van der Waals surface area contributed by atoms with Gasteiger partial charge in [0.25, 0.3) is 0 Å². The number of allylic oxidation sites excluding steroid dienone is 1. The summed E-state index contributed by atoms with van der Waals surface area (Å²) in [5, 5.41) is 111. The van der Waals surface area contributed by atoms with Crippen molar-refractivity contribution in [3.05, 3.63) is 12.2 Å². The van der Waals surface area contributed by atoms with Gasteiger partial charge in [-0.2, -0.15) is 0 Å². The first-order valence-corrected chi connectivity index (χ1v) is 25.3. The van der Waals surface area contributed by atoms with E-state index >= 15 is 0 Å². The normalized spacial score (nSPS) is 56.6. The fourth-order valence-corrected chi connectivity index (χ4v) is 15.9. The van der Waals surface area contributed by atoms with Crippen LogP contribution in [-0.2, 0) is 42.7 Å². The molecule has 5 aliphatic carbocycles. The molecule has 19 heteroatoms. The Kier molecular flexibility index (Phi) is 13.8. The van der Waals surface area contributed by atoms with Gasteiger partial charge in [0.05, 0.1) is 43.7 Å². The summed E-state index contributed by atoms with van der Waals surface area (Å²) in [6.07, 6.45) is -14.1. The molecule has 4 heterocycles. The van der Waals surface area contributed by atoms with Crippen LogP contribution in [0.2, 0.25) is 0 Å². The summed E-state index contributed by atoms with van der Waals surface area (Å²) in [7, 11) is 0. The van der Waals surface area contributed by atoms with Crippen molar-refractivity contribution in [2.45, 2.75) is 217 Å². The maximum atomic E-state index is 12.2. The largest absolute Gasteiger partial charge is 0.463 e. The topological polar surface area (TPSA) is 293 Å². The zero-order valence-corrected chi connectivity index (χ0v) is 41.3. The van der Waals surface area contributed by atoms with Gasteiger partial charge in [0.2, 0.25) is 0 Å². The molecular formula is C50H80O19. The van der Waals surface area contributed by atoms with E-state index in [9.17, 15) is 55.9 Å². The highest BCUT2D eigenvalue weighted by Gasteiger charge is 2.79. The number of ether oxygens (including phenoxy) is 8. The Bertz CT molecular complexity index is 1920. The van der Waals surface area contributed by atoms with E-state index in [1.807, 2.05) is 6.92 Å². The summed E-state index contributed by atoms with van der Waals surface area (Å²) in [4.78, 5) is 11.5. The molecule has 0 aromatic carbocycles. The molecule has 0 aromatic rings. The van der Waals surface area contributed by atoms with E-state index in [-0.39, 0.29) is 51.4 Å². The Hall–Kier alpha value is -1.47. The SMILES string of the molecule is CC(=O)OC[C@H]1O[C@@H](OC[C@H]2O[C@@H](O[C@H]3CC[C@@]4(C)[C@@H](CC[C@]5(C)[C@@H]4C=CC46OCC7(CCC(C)(C)C[C@H]74)[C@@H](O)C[C@]65C)[C@]3(C)CO)[C@H](O)[C@@H](O)[C@@H]2O[C@@H]2O[C@@H](C)[C@H](O)[C@@H](O)[C@H]2O)[C@H](O)[C@@H](O)[C@@H]1O. The van der Waals surface area contributed by atoms with Crippen LogP contribution < -0.4 is 0 Å². The van der Waals surface area contributed by atoms with Crippen LogP contribution in [0.1, 0.15) is 107 Å². The minimum Gasteiger partial charge on any atom is -0.463 e. The molecule has 19 nitrogen and oxygen atoms in total. The monoisotopic (exact) mass is 985 g/mol. The first-order valence-electron chi connectivity index (χ1n) is 25.3. The lowest BCUT2D eigenvalue weighted by Crippen LogP contribution is -2.72. The molecule has 2 unspecified atom stereocenters. The second-order valence-corrected chi connectivity index (χ2v) is 24.4. The van der Waals surface area contributed by atoms with Gasteiger partial charge in [-0.05, 0) is 86.4 Å². The summed E-state index contributed by atoms with van der Waals surface area (Å²) in [5.74, 6) is -0.506. The molecule has 4 saturated carbocycles. The Morgan fingerprint density at radius 1 is 0.681 bits per heavy atom. The smallest absolute Gasteiger partial charge is 0.302 e. The third-order valence-corrected chi connectivity index (χ3v) is 20.3. The van der Waals surface area contributed by atoms with Gasteiger partial charge in [-0.3, -0.25) is 4.79 Å². The number of aliphatic hydroxyl groups excluding tert-OH is 10. The maximum absolute atomic E-state index is 12.2. The summed E-state index contributed by atoms with van der Waals surface area (Å²) in [6.45, 7) is 15.6. The lowest BCUT2D eigenvalue weighted by molar-refractivity contribution is -0.375. The standard InChI is InChI=1S/C50H80O19/c1-23-32(54)34(56)38(60)42(65-23)69-40-26(20-63-41-37(59)35(57)33(55)25(66-41)19-62-24(2)52)67-43(39(61)36(40)58)68-31-11-12-45(5)27(46(31,6)21-51)9-13-47(7)28(45)10-14-50-29-17-44(3,4)15-16-49(29,22-64-50)30(53)18-48(47,50)8/h10,14,23,25-43,51,53-61H,9,11-13,15-22H2,1-8H3/t23-,25+,26+,27+,28+,29+,30-,31-,32-,33+,34+,35-,36+,37+,38+,39+,40+,41+,42-,43-,45-,46-,47+,48-,49?,50?/m0/s1. The van der Waals surface area contributed by atoms with Gasteiger partial charge in [0, 0.05) is 29.1 Å². The van der Waals surface area contributed by atoms with E-state index < -0.39 is 135 Å². The van der Waals surface area contributed by atoms with Crippen molar-refractivity contribution < 1.29 is 93.8 Å². The van der Waals surface area contributed by atoms with E-state index in [1.165, 1.54) is 6.92 Å². The number of fused-ring (bicyclic) bond motifs is 4. The predicted molar refractivity (Wildman–Crippen MR) is 239 cm³/mol. The third kappa shape index (κ3) is 7.88. The van der Waals surface area contributed by atoms with Gasteiger partial charge in [-0.25, -0.2) is 0 Å². The highest BCUT2D eigenvalue weighted by atomic mass is 16.8. The second kappa shape index (κ2) is 18.1. The van der Waals surface area contributed by atoms with E-state index in [0.717, 1.165) is 39.0 Å². The molecule has 1 spiro atoms. The molecule has 9 rings (SSSR count). The first kappa shape index (κ1) is 52.4. The third-order valence-electron chi connectivity index (χ3n) is 20.3. The summed E-state index contributed by atoms with van der Waals surface area (Å²) < 4.78 is 48.6. The number of aliphatic hydroxyl groups is 10. The molecule has 69 heavy (non-hydrogen) atoms. The van der Waals surface area contributed by atoms with Gasteiger partial charge in [0.15, 0.2) is 18.9 Å². The zero-order chi connectivity index (χ0) is 50.2. The lowest BCUT2D eigenvalue weighted by atomic mass is 9.32. The molecule has 0 amide bonds. The van der Waals surface area contributed by atoms with Crippen LogP contribution in [0.3, 0.4) is 0 Å². The van der Waals surface area contributed by atoms with Gasteiger partial charge in [-0.1, -0.05) is 53.7 Å². The fourth-order valence-electron chi connectivity index (χ4n) is 15.9. The van der Waals surface area contributed by atoms with Crippen LogP contribution in [0.4, 0.5) is 0 Å². The average molecular weight is 985 g/mol. The molecular weight excluding hydrogens is 905 g/mol. The quantitative estimate of drug-likeness (QED) is 0.0793. The van der Waals surface area contributed by atoms with Crippen LogP contribution in [0.15, 0.2) is 12.2 Å². The van der Waals surface area contributed by atoms with Gasteiger partial charge < -0.3 is 89.0 Å². The molecule has 394 valence electrons. The Balaban J connectivity index is 0.968. The average Bonchev–Trinajstić information content (AvgIpc) is 3.57. The van der Waals surface area contributed by atoms with Gasteiger partial charge in [0.1, 0.15) is 73.8 Å². The minimum atomic E-state index is -1.82. The highest BCUT2D eigenvalue weighted by Crippen LogP contribution is 2.79. The Labute approximate surface area is 404 Å². The molecule has 2 bridgehead atoms. The second-order valence-electron chi connectivity index (χ2n) is 24.4. The van der Waals surface area contributed by atoms with E-state index in [2.05, 4.69) is 46.8 Å². The van der Waals surface area contributed by atoms with Crippen LogP contribution >= 0.6 is 0 Å². The molecule has 4 aliphatic heterocycles. The molecule has 26 atom stereocenters. The van der Waals surface area contributed by atoms with Crippen molar-refractivity contribution in [3.63, 3.8) is 0 Å². The van der Waals surface area contributed by atoms with E-state index in [0.29, 0.717) is 25.9 Å².